The second-order valence-electron chi connectivity index (χ2n) is 6.86. The van der Waals surface area contributed by atoms with E-state index in [-0.39, 0.29) is 30.7 Å². The molecule has 4 nitrogen and oxygen atoms in total. The van der Waals surface area contributed by atoms with Crippen molar-refractivity contribution >= 4 is 29.1 Å². The van der Waals surface area contributed by atoms with Gasteiger partial charge in [-0.15, -0.1) is 0 Å². The number of amides is 2. The Morgan fingerprint density at radius 3 is 1.93 bits per heavy atom. The van der Waals surface area contributed by atoms with Gasteiger partial charge in [0.1, 0.15) is 0 Å². The molecule has 3 aromatic rings. The van der Waals surface area contributed by atoms with E-state index in [1.165, 1.54) is 4.90 Å². The van der Waals surface area contributed by atoms with E-state index in [0.29, 0.717) is 10.7 Å². The van der Waals surface area contributed by atoms with Crippen molar-refractivity contribution in [3.8, 4) is 0 Å². The second-order valence-corrected chi connectivity index (χ2v) is 7.26. The number of benzene rings is 3. The summed E-state index contributed by atoms with van der Waals surface area (Å²) in [6.07, 6.45) is 0.282. The van der Waals surface area contributed by atoms with Crippen LogP contribution in [0.3, 0.4) is 0 Å². The molecule has 0 aliphatic carbocycles. The highest BCUT2D eigenvalue weighted by atomic mass is 35.5. The van der Waals surface area contributed by atoms with Crippen LogP contribution in [-0.2, 0) is 9.59 Å². The van der Waals surface area contributed by atoms with E-state index >= 15 is 0 Å². The van der Waals surface area contributed by atoms with Crippen molar-refractivity contribution in [3.05, 3.63) is 101 Å². The third-order valence-electron chi connectivity index (χ3n) is 4.74. The van der Waals surface area contributed by atoms with Crippen LogP contribution < -0.4 is 5.32 Å². The average Bonchev–Trinajstić information content (AvgIpc) is 2.74. The van der Waals surface area contributed by atoms with Crippen LogP contribution >= 0.6 is 11.6 Å². The number of nitrogens with one attached hydrogen (secondary N) is 1. The number of anilines is 1. The Balaban J connectivity index is 1.67. The molecule has 1 N–H and O–H groups in total. The molecule has 5 heteroatoms. The summed E-state index contributed by atoms with van der Waals surface area (Å²) in [6, 6.07) is 26.9. The lowest BCUT2D eigenvalue weighted by Crippen LogP contribution is -2.35. The third kappa shape index (κ3) is 5.69. The van der Waals surface area contributed by atoms with Gasteiger partial charge in [-0.3, -0.25) is 9.59 Å². The summed E-state index contributed by atoms with van der Waals surface area (Å²) in [7, 11) is 1.64. The highest BCUT2D eigenvalue weighted by molar-refractivity contribution is 6.33. The Morgan fingerprint density at radius 1 is 0.862 bits per heavy atom. The van der Waals surface area contributed by atoms with Crippen molar-refractivity contribution in [1.29, 1.82) is 0 Å². The van der Waals surface area contributed by atoms with Crippen molar-refractivity contribution in [1.82, 2.24) is 4.90 Å². The first-order valence-electron chi connectivity index (χ1n) is 9.43. The minimum Gasteiger partial charge on any atom is -0.336 e. The van der Waals surface area contributed by atoms with Crippen LogP contribution in [0.25, 0.3) is 0 Å². The van der Waals surface area contributed by atoms with Crippen LogP contribution in [0, 0.1) is 0 Å². The molecule has 0 bridgehead atoms. The Hall–Kier alpha value is -3.11. The normalized spacial score (nSPS) is 10.6. The molecule has 0 aromatic heterocycles. The Morgan fingerprint density at radius 2 is 1.38 bits per heavy atom. The first-order valence-corrected chi connectivity index (χ1v) is 9.80. The van der Waals surface area contributed by atoms with Gasteiger partial charge < -0.3 is 10.2 Å². The lowest BCUT2D eigenvalue weighted by atomic mass is 9.88. The van der Waals surface area contributed by atoms with E-state index in [9.17, 15) is 9.59 Å². The van der Waals surface area contributed by atoms with E-state index < -0.39 is 0 Å². The number of nitrogens with zero attached hydrogens (tertiary/aromatic N) is 1. The van der Waals surface area contributed by atoms with E-state index in [1.54, 1.807) is 31.3 Å². The largest absolute Gasteiger partial charge is 0.336 e. The Bertz CT molecular complexity index is 921. The fraction of sp³-hybridized carbons (Fsp3) is 0.167. The lowest BCUT2D eigenvalue weighted by Gasteiger charge is -2.22. The van der Waals surface area contributed by atoms with Crippen molar-refractivity contribution in [3.63, 3.8) is 0 Å². The van der Waals surface area contributed by atoms with Gasteiger partial charge >= 0.3 is 0 Å². The van der Waals surface area contributed by atoms with Gasteiger partial charge in [0.15, 0.2) is 0 Å². The van der Waals surface area contributed by atoms with Gasteiger partial charge in [0, 0.05) is 19.4 Å². The summed E-state index contributed by atoms with van der Waals surface area (Å²) < 4.78 is 0. The average molecular weight is 407 g/mol. The minimum atomic E-state index is -0.287. The lowest BCUT2D eigenvalue weighted by molar-refractivity contribution is -0.133. The van der Waals surface area contributed by atoms with Crippen molar-refractivity contribution in [2.45, 2.75) is 12.3 Å². The monoisotopic (exact) mass is 406 g/mol. The molecule has 0 spiro atoms. The Labute approximate surface area is 176 Å². The van der Waals surface area contributed by atoms with Crippen LogP contribution in [0.15, 0.2) is 84.9 Å². The maximum Gasteiger partial charge on any atom is 0.244 e. The van der Waals surface area contributed by atoms with Crippen LogP contribution in [0.4, 0.5) is 5.69 Å². The summed E-state index contributed by atoms with van der Waals surface area (Å²) in [5.74, 6) is -0.457. The maximum atomic E-state index is 12.9. The van der Waals surface area contributed by atoms with Crippen molar-refractivity contribution in [2.75, 3.05) is 18.9 Å². The summed E-state index contributed by atoms with van der Waals surface area (Å²) in [5.41, 5.74) is 2.67. The number of carbonyl (C=O) groups excluding carboxylic acids is 2. The molecule has 148 valence electrons. The van der Waals surface area contributed by atoms with E-state index in [2.05, 4.69) is 5.32 Å². The molecule has 0 atom stereocenters. The fourth-order valence-corrected chi connectivity index (χ4v) is 3.37. The second kappa shape index (κ2) is 9.89. The molecule has 0 aliphatic rings. The molecular weight excluding hydrogens is 384 g/mol. The zero-order chi connectivity index (χ0) is 20.6. The van der Waals surface area contributed by atoms with Gasteiger partial charge in [-0.1, -0.05) is 84.4 Å². The molecule has 3 rings (SSSR count). The number of hydrogen-bond acceptors (Lipinski definition) is 2. The number of carbonyl (C=O) groups is 2. The van der Waals surface area contributed by atoms with Gasteiger partial charge in [-0.25, -0.2) is 0 Å². The SMILES string of the molecule is CN(CC(=O)Nc1ccccc1Cl)C(=O)CC(c1ccccc1)c1ccccc1. The molecule has 0 unspecified atom stereocenters. The molecular formula is C24H23ClN2O2. The molecule has 29 heavy (non-hydrogen) atoms. The summed E-state index contributed by atoms with van der Waals surface area (Å²) in [5, 5.41) is 3.21. The number of hydrogen-bond donors (Lipinski definition) is 1. The van der Waals surface area contributed by atoms with E-state index in [0.717, 1.165) is 11.1 Å². The Kier molecular flexibility index (Phi) is 7.04. The molecule has 0 heterocycles. The first kappa shape index (κ1) is 20.6. The first-order chi connectivity index (χ1) is 14.0. The summed E-state index contributed by atoms with van der Waals surface area (Å²) in [6.45, 7) is -0.0413. The molecule has 0 saturated heterocycles. The van der Waals surface area contributed by atoms with Crippen LogP contribution in [0.5, 0.6) is 0 Å². The van der Waals surface area contributed by atoms with Crippen molar-refractivity contribution < 1.29 is 9.59 Å². The van der Waals surface area contributed by atoms with Gasteiger partial charge in [-0.05, 0) is 23.3 Å². The smallest absolute Gasteiger partial charge is 0.244 e. The predicted octanol–water partition coefficient (Wildman–Crippen LogP) is 4.96. The third-order valence-corrected chi connectivity index (χ3v) is 5.07. The summed E-state index contributed by atoms with van der Waals surface area (Å²) >= 11 is 6.08. The standard InChI is InChI=1S/C24H23ClN2O2/c1-27(17-23(28)26-22-15-9-8-14-21(22)25)24(29)16-20(18-10-4-2-5-11-18)19-12-6-3-7-13-19/h2-15,20H,16-17H2,1H3,(H,26,28). The predicted molar refractivity (Wildman–Crippen MR) is 117 cm³/mol. The topological polar surface area (TPSA) is 49.4 Å². The molecule has 0 saturated carbocycles. The molecule has 0 radical (unpaired) electrons. The fourth-order valence-electron chi connectivity index (χ4n) is 3.19. The van der Waals surface area contributed by atoms with Gasteiger partial charge in [0.25, 0.3) is 0 Å². The number of likely N-dealkylation sites (N-methyl/N-ethyl adjacent to an activating group) is 1. The molecule has 3 aromatic carbocycles. The van der Waals surface area contributed by atoms with Crippen LogP contribution in [-0.4, -0.2) is 30.3 Å². The molecule has 0 aliphatic heterocycles. The molecule has 0 fully saturated rings. The highest BCUT2D eigenvalue weighted by Gasteiger charge is 2.21. The zero-order valence-corrected chi connectivity index (χ0v) is 17.0. The van der Waals surface area contributed by atoms with Gasteiger partial charge in [-0.2, -0.15) is 0 Å². The highest BCUT2D eigenvalue weighted by Crippen LogP contribution is 2.28. The van der Waals surface area contributed by atoms with Gasteiger partial charge in [0.05, 0.1) is 17.3 Å². The van der Waals surface area contributed by atoms with E-state index in [1.807, 2.05) is 60.7 Å². The van der Waals surface area contributed by atoms with Gasteiger partial charge in [0.2, 0.25) is 11.8 Å². The number of halogens is 1. The van der Waals surface area contributed by atoms with Crippen LogP contribution in [0.2, 0.25) is 5.02 Å². The van der Waals surface area contributed by atoms with E-state index in [4.69, 9.17) is 11.6 Å². The zero-order valence-electron chi connectivity index (χ0n) is 16.2. The quantitative estimate of drug-likeness (QED) is 0.602. The van der Waals surface area contributed by atoms with Crippen molar-refractivity contribution in [2.24, 2.45) is 0 Å². The molecule has 2 amide bonds. The summed E-state index contributed by atoms with van der Waals surface area (Å²) in [4.78, 5) is 26.7. The van der Waals surface area contributed by atoms with Crippen LogP contribution in [0.1, 0.15) is 23.5 Å². The number of para-hydroxylation sites is 1. The number of rotatable bonds is 7. The maximum absolute atomic E-state index is 12.9. The minimum absolute atomic E-state index is 0.0413.